The molecule has 9 heteroatoms. The molecule has 1 aromatic carbocycles. The molecule has 3 aromatic rings. The number of amides is 1. The number of rotatable bonds is 8. The SMILES string of the molecule is CC(C)=O.CCCC(CCC)n1nnc2cc(-c3ccc(C(=O)NCC)c(F)c3F)ncc21. The van der Waals surface area contributed by atoms with Gasteiger partial charge in [0.25, 0.3) is 5.91 Å². The Bertz CT molecular complexity index is 1100. The molecule has 0 saturated heterocycles. The molecule has 0 atom stereocenters. The predicted octanol–water partition coefficient (Wildman–Crippen LogP) is 5.26. The fourth-order valence-electron chi connectivity index (χ4n) is 3.49. The number of carbonyl (C=O) groups excluding carboxylic acids is 2. The number of benzene rings is 1. The first-order chi connectivity index (χ1) is 15.7. The number of ketones is 1. The third-order valence-corrected chi connectivity index (χ3v) is 4.89. The molecule has 3 rings (SSSR count). The average molecular weight is 460 g/mol. The van der Waals surface area contributed by atoms with E-state index in [-0.39, 0.29) is 28.6 Å². The highest BCUT2D eigenvalue weighted by Gasteiger charge is 2.21. The van der Waals surface area contributed by atoms with E-state index in [0.29, 0.717) is 12.1 Å². The Morgan fingerprint density at radius 1 is 1.06 bits per heavy atom. The summed E-state index contributed by atoms with van der Waals surface area (Å²) in [5.41, 5.74) is 1.22. The molecule has 0 bridgehead atoms. The maximum Gasteiger partial charge on any atom is 0.254 e. The Morgan fingerprint density at radius 2 is 1.70 bits per heavy atom. The van der Waals surface area contributed by atoms with Crippen molar-refractivity contribution < 1.29 is 18.4 Å². The van der Waals surface area contributed by atoms with Gasteiger partial charge in [0.2, 0.25) is 0 Å². The highest BCUT2D eigenvalue weighted by molar-refractivity contribution is 5.95. The summed E-state index contributed by atoms with van der Waals surface area (Å²) >= 11 is 0. The van der Waals surface area contributed by atoms with Crippen molar-refractivity contribution >= 4 is 22.7 Å². The number of halogens is 2. The second kappa shape index (κ2) is 12.1. The van der Waals surface area contributed by atoms with E-state index in [1.807, 2.05) is 4.68 Å². The summed E-state index contributed by atoms with van der Waals surface area (Å²) in [6, 6.07) is 4.45. The van der Waals surface area contributed by atoms with Gasteiger partial charge in [-0.1, -0.05) is 31.9 Å². The smallest absolute Gasteiger partial charge is 0.254 e. The largest absolute Gasteiger partial charge is 0.352 e. The number of nitrogens with zero attached hydrogens (tertiary/aromatic N) is 4. The molecule has 0 aliphatic heterocycles. The van der Waals surface area contributed by atoms with Gasteiger partial charge in [0.1, 0.15) is 16.8 Å². The number of Topliss-reactive ketones (excluding diaryl/α,β-unsaturated/α-hetero) is 1. The van der Waals surface area contributed by atoms with Crippen molar-refractivity contribution in [3.05, 3.63) is 41.6 Å². The zero-order valence-electron chi connectivity index (χ0n) is 19.8. The average Bonchev–Trinajstić information content (AvgIpc) is 3.18. The van der Waals surface area contributed by atoms with Gasteiger partial charge in [-0.2, -0.15) is 0 Å². The molecule has 0 aliphatic rings. The first kappa shape index (κ1) is 26.0. The van der Waals surface area contributed by atoms with Crippen LogP contribution in [-0.4, -0.2) is 38.2 Å². The molecule has 0 fully saturated rings. The quantitative estimate of drug-likeness (QED) is 0.496. The van der Waals surface area contributed by atoms with E-state index in [0.717, 1.165) is 31.2 Å². The molecule has 178 valence electrons. The number of carbonyl (C=O) groups is 2. The maximum atomic E-state index is 14.6. The normalized spacial score (nSPS) is 10.8. The van der Waals surface area contributed by atoms with Crippen LogP contribution < -0.4 is 5.32 Å². The lowest BCUT2D eigenvalue weighted by molar-refractivity contribution is -0.115. The molecule has 33 heavy (non-hydrogen) atoms. The van der Waals surface area contributed by atoms with Crippen LogP contribution in [0.4, 0.5) is 8.78 Å². The predicted molar refractivity (Wildman–Crippen MR) is 124 cm³/mol. The molecular formula is C24H31F2N5O2. The molecule has 0 spiro atoms. The number of fused-ring (bicyclic) bond motifs is 1. The van der Waals surface area contributed by atoms with Gasteiger partial charge in [-0.25, -0.2) is 13.5 Å². The second-order valence-electron chi connectivity index (χ2n) is 7.88. The van der Waals surface area contributed by atoms with Crippen LogP contribution in [0, 0.1) is 11.6 Å². The lowest BCUT2D eigenvalue weighted by Crippen LogP contribution is -2.24. The molecule has 0 aliphatic carbocycles. The first-order valence-electron chi connectivity index (χ1n) is 11.2. The number of pyridine rings is 1. The molecule has 0 saturated carbocycles. The highest BCUT2D eigenvalue weighted by atomic mass is 19.2. The van der Waals surface area contributed by atoms with Crippen molar-refractivity contribution in [2.45, 2.75) is 66.3 Å². The minimum atomic E-state index is -1.19. The topological polar surface area (TPSA) is 89.8 Å². The van der Waals surface area contributed by atoms with Crippen molar-refractivity contribution in [2.75, 3.05) is 6.54 Å². The Labute approximate surface area is 192 Å². The second-order valence-corrected chi connectivity index (χ2v) is 7.88. The van der Waals surface area contributed by atoms with Crippen LogP contribution in [0.1, 0.15) is 76.7 Å². The Morgan fingerprint density at radius 3 is 2.27 bits per heavy atom. The summed E-state index contributed by atoms with van der Waals surface area (Å²) in [4.78, 5) is 25.6. The summed E-state index contributed by atoms with van der Waals surface area (Å²) in [7, 11) is 0. The molecule has 2 aromatic heterocycles. The molecule has 0 unspecified atom stereocenters. The Kier molecular flexibility index (Phi) is 9.57. The van der Waals surface area contributed by atoms with Gasteiger partial charge >= 0.3 is 0 Å². The van der Waals surface area contributed by atoms with Crippen LogP contribution in [0.3, 0.4) is 0 Å². The van der Waals surface area contributed by atoms with Gasteiger partial charge in [0.05, 0.1) is 23.5 Å². The number of hydrogen-bond acceptors (Lipinski definition) is 5. The standard InChI is InChI=1S/C21H25F2N5O.C3H6O/c1-4-7-13(8-5-2)28-18-12-25-16(11-17(18)26-27-28)14-9-10-15(20(23)19(14)22)21(29)24-6-3;1-3(2)4/h9-13H,4-8H2,1-3H3,(H,24,29);1-2H3. The van der Waals surface area contributed by atoms with E-state index in [1.165, 1.54) is 26.0 Å². The van der Waals surface area contributed by atoms with Gasteiger partial charge in [-0.05, 0) is 51.8 Å². The summed E-state index contributed by atoms with van der Waals surface area (Å²) in [5.74, 6) is -2.78. The third-order valence-electron chi connectivity index (χ3n) is 4.89. The molecule has 2 heterocycles. The van der Waals surface area contributed by atoms with Crippen LogP contribution in [0.15, 0.2) is 24.4 Å². The summed E-state index contributed by atoms with van der Waals surface area (Å²) in [6.07, 6.45) is 5.61. The fraction of sp³-hybridized carbons (Fsp3) is 0.458. The highest BCUT2D eigenvalue weighted by Crippen LogP contribution is 2.29. The van der Waals surface area contributed by atoms with Gasteiger partial charge < -0.3 is 10.1 Å². The Hall–Kier alpha value is -3.23. The lowest BCUT2D eigenvalue weighted by Gasteiger charge is -2.16. The van der Waals surface area contributed by atoms with E-state index in [4.69, 9.17) is 0 Å². The number of nitrogens with one attached hydrogen (secondary N) is 1. The van der Waals surface area contributed by atoms with Crippen LogP contribution >= 0.6 is 0 Å². The van der Waals surface area contributed by atoms with Gasteiger partial charge in [0.15, 0.2) is 11.6 Å². The van der Waals surface area contributed by atoms with Crippen molar-refractivity contribution in [1.29, 1.82) is 0 Å². The maximum absolute atomic E-state index is 14.6. The molecule has 0 radical (unpaired) electrons. The summed E-state index contributed by atoms with van der Waals surface area (Å²) < 4.78 is 30.9. The Balaban J connectivity index is 0.000000890. The monoisotopic (exact) mass is 459 g/mol. The minimum Gasteiger partial charge on any atom is -0.352 e. The van der Waals surface area contributed by atoms with E-state index >= 15 is 0 Å². The van der Waals surface area contributed by atoms with Crippen LogP contribution in [0.5, 0.6) is 0 Å². The van der Waals surface area contributed by atoms with Gasteiger partial charge in [-0.3, -0.25) is 9.78 Å². The number of aromatic nitrogens is 4. The zero-order valence-corrected chi connectivity index (χ0v) is 19.8. The zero-order chi connectivity index (χ0) is 24.5. The summed E-state index contributed by atoms with van der Waals surface area (Å²) in [6.45, 7) is 9.34. The molecule has 1 amide bonds. The van der Waals surface area contributed by atoms with Crippen molar-refractivity contribution in [3.63, 3.8) is 0 Å². The molecule has 7 nitrogen and oxygen atoms in total. The van der Waals surface area contributed by atoms with E-state index in [2.05, 4.69) is 34.5 Å². The van der Waals surface area contributed by atoms with Crippen molar-refractivity contribution in [2.24, 2.45) is 0 Å². The van der Waals surface area contributed by atoms with Crippen LogP contribution in [0.25, 0.3) is 22.3 Å². The van der Waals surface area contributed by atoms with Gasteiger partial charge in [-0.15, -0.1) is 5.10 Å². The minimum absolute atomic E-state index is 0.0225. The summed E-state index contributed by atoms with van der Waals surface area (Å²) in [5, 5.41) is 10.9. The third kappa shape index (κ3) is 6.40. The molecular weight excluding hydrogens is 428 g/mol. The van der Waals surface area contributed by atoms with E-state index in [1.54, 1.807) is 19.2 Å². The van der Waals surface area contributed by atoms with Gasteiger partial charge in [0, 0.05) is 12.1 Å². The fourth-order valence-corrected chi connectivity index (χ4v) is 3.49. The van der Waals surface area contributed by atoms with E-state index in [9.17, 15) is 18.4 Å². The molecule has 1 N–H and O–H groups in total. The number of hydrogen-bond donors (Lipinski definition) is 1. The van der Waals surface area contributed by atoms with Crippen LogP contribution in [0.2, 0.25) is 0 Å². The van der Waals surface area contributed by atoms with Crippen LogP contribution in [-0.2, 0) is 4.79 Å². The van der Waals surface area contributed by atoms with Crippen molar-refractivity contribution in [3.8, 4) is 11.3 Å². The lowest BCUT2D eigenvalue weighted by atomic mass is 10.1. The first-order valence-corrected chi connectivity index (χ1v) is 11.2. The van der Waals surface area contributed by atoms with E-state index < -0.39 is 17.5 Å². The van der Waals surface area contributed by atoms with Crippen molar-refractivity contribution in [1.82, 2.24) is 25.3 Å².